The van der Waals surface area contributed by atoms with Gasteiger partial charge in [0.2, 0.25) is 0 Å². The van der Waals surface area contributed by atoms with Crippen LogP contribution in [-0.4, -0.2) is 35.0 Å². The normalized spacial score (nSPS) is 26.7. The van der Waals surface area contributed by atoms with Gasteiger partial charge in [-0.2, -0.15) is 0 Å². The van der Waals surface area contributed by atoms with Crippen molar-refractivity contribution in [1.29, 1.82) is 0 Å². The summed E-state index contributed by atoms with van der Waals surface area (Å²) in [7, 11) is 0. The molecule has 1 saturated heterocycles. The second-order valence-electron chi connectivity index (χ2n) is 6.61. The van der Waals surface area contributed by atoms with Crippen molar-refractivity contribution >= 4 is 35.1 Å². The third-order valence-corrected chi connectivity index (χ3v) is 5.17. The Bertz CT molecular complexity index is 928. The number of amides is 1. The number of nitrogens with zero attached hydrogens (tertiary/aromatic N) is 1. The maximum absolute atomic E-state index is 12.8. The number of carboxylic acid groups (broad SMARTS) is 1. The van der Waals surface area contributed by atoms with E-state index in [-0.39, 0.29) is 0 Å². The van der Waals surface area contributed by atoms with E-state index in [0.29, 0.717) is 12.1 Å². The highest BCUT2D eigenvalue weighted by atomic mass is 16.6. The van der Waals surface area contributed by atoms with Crippen molar-refractivity contribution in [2.45, 2.75) is 19.4 Å². The lowest BCUT2D eigenvalue weighted by atomic mass is 9.73. The Morgan fingerprint density at radius 3 is 2.65 bits per heavy atom. The molecule has 26 heavy (non-hydrogen) atoms. The molecule has 4 rings (SSSR count). The van der Waals surface area contributed by atoms with Crippen LogP contribution >= 0.6 is 0 Å². The van der Waals surface area contributed by atoms with Crippen molar-refractivity contribution in [3.8, 4) is 0 Å². The fourth-order valence-electron chi connectivity index (χ4n) is 4.20. The molecule has 7 nitrogen and oxygen atoms in total. The molecule has 1 aliphatic carbocycles. The number of allylic oxidation sites excluding steroid dienone is 1. The summed E-state index contributed by atoms with van der Waals surface area (Å²) in [6.07, 6.45) is 2.13. The van der Waals surface area contributed by atoms with Gasteiger partial charge in [0.15, 0.2) is 0 Å². The molecule has 7 heteroatoms. The topological polar surface area (TPSA) is 101 Å². The summed E-state index contributed by atoms with van der Waals surface area (Å²) in [5.74, 6) is -4.40. The van der Waals surface area contributed by atoms with Gasteiger partial charge >= 0.3 is 17.9 Å². The third-order valence-electron chi connectivity index (χ3n) is 5.17. The summed E-state index contributed by atoms with van der Waals surface area (Å²) >= 11 is 0. The van der Waals surface area contributed by atoms with Crippen molar-refractivity contribution in [3.05, 3.63) is 47.6 Å². The number of carbonyl (C=O) groups excluding carboxylic acids is 3. The Balaban J connectivity index is 1.89. The standard InChI is InChI=1S/C19H15NO6/c1-9-8-11-16(19(25)26-18(11)24)17-15(9)10-4-2-3-5-12(10)20(17)13(21)6-7-14(22)23/h2-7,11,16-17H,8H2,1H3,(H,22,23)/b7-6-/t11-,16+,17+/m1/s1. The Labute approximate surface area is 148 Å². The summed E-state index contributed by atoms with van der Waals surface area (Å²) in [5, 5.41) is 8.82. The average Bonchev–Trinajstić information content (AvgIpc) is 3.08. The lowest BCUT2D eigenvalue weighted by Crippen LogP contribution is -2.47. The molecule has 132 valence electrons. The molecule has 0 aromatic heterocycles. The number of benzene rings is 1. The van der Waals surface area contributed by atoms with Crippen LogP contribution < -0.4 is 4.90 Å². The van der Waals surface area contributed by atoms with E-state index < -0.39 is 41.7 Å². The zero-order valence-electron chi connectivity index (χ0n) is 13.8. The minimum Gasteiger partial charge on any atom is -0.478 e. The zero-order chi connectivity index (χ0) is 18.6. The SMILES string of the molecule is CC1=C2c3ccccc3N(C(=O)/C=C\C(=O)O)[C@@H]2[C@H]2C(=O)OC(=O)[C@@H]2C1. The van der Waals surface area contributed by atoms with Crippen molar-refractivity contribution < 1.29 is 29.0 Å². The number of cyclic esters (lactones) is 2. The Hall–Kier alpha value is -3.22. The predicted molar refractivity (Wildman–Crippen MR) is 89.8 cm³/mol. The van der Waals surface area contributed by atoms with Crippen LogP contribution in [0.3, 0.4) is 0 Å². The van der Waals surface area contributed by atoms with E-state index in [9.17, 15) is 19.2 Å². The summed E-state index contributed by atoms with van der Waals surface area (Å²) in [6.45, 7) is 1.88. The van der Waals surface area contributed by atoms with Gasteiger partial charge in [-0.15, -0.1) is 0 Å². The zero-order valence-corrected chi connectivity index (χ0v) is 13.8. The van der Waals surface area contributed by atoms with Crippen LogP contribution in [0.2, 0.25) is 0 Å². The van der Waals surface area contributed by atoms with Gasteiger partial charge in [-0.1, -0.05) is 23.8 Å². The summed E-state index contributed by atoms with van der Waals surface area (Å²) in [4.78, 5) is 49.4. The molecule has 0 bridgehead atoms. The minimum atomic E-state index is -1.24. The smallest absolute Gasteiger partial charge is 0.328 e. The molecule has 1 aromatic carbocycles. The number of ether oxygens (including phenoxy) is 1. The molecule has 3 aliphatic rings. The highest BCUT2D eigenvalue weighted by Crippen LogP contribution is 2.52. The quantitative estimate of drug-likeness (QED) is 0.492. The van der Waals surface area contributed by atoms with Crippen LogP contribution in [0.4, 0.5) is 5.69 Å². The average molecular weight is 353 g/mol. The van der Waals surface area contributed by atoms with E-state index in [4.69, 9.17) is 9.84 Å². The molecule has 2 aliphatic heterocycles. The molecule has 0 spiro atoms. The number of carbonyl (C=O) groups is 4. The van der Waals surface area contributed by atoms with E-state index in [1.54, 1.807) is 12.1 Å². The maximum atomic E-state index is 12.8. The molecule has 1 aromatic rings. The van der Waals surface area contributed by atoms with Gasteiger partial charge in [0.1, 0.15) is 0 Å². The Kier molecular flexibility index (Phi) is 3.54. The summed E-state index contributed by atoms with van der Waals surface area (Å²) in [6, 6.07) is 6.54. The van der Waals surface area contributed by atoms with Crippen LogP contribution in [0, 0.1) is 11.8 Å². The Morgan fingerprint density at radius 1 is 1.19 bits per heavy atom. The van der Waals surface area contributed by atoms with Gasteiger partial charge in [0, 0.05) is 17.7 Å². The van der Waals surface area contributed by atoms with E-state index in [2.05, 4.69) is 0 Å². The van der Waals surface area contributed by atoms with Crippen molar-refractivity contribution in [3.63, 3.8) is 0 Å². The first kappa shape index (κ1) is 16.3. The van der Waals surface area contributed by atoms with Gasteiger partial charge in [0.25, 0.3) is 5.91 Å². The Morgan fingerprint density at radius 2 is 1.92 bits per heavy atom. The van der Waals surface area contributed by atoms with Crippen LogP contribution in [0.1, 0.15) is 18.9 Å². The highest BCUT2D eigenvalue weighted by molar-refractivity contribution is 6.13. The van der Waals surface area contributed by atoms with E-state index in [0.717, 1.165) is 28.9 Å². The van der Waals surface area contributed by atoms with Gasteiger partial charge in [-0.3, -0.25) is 19.3 Å². The first-order valence-corrected chi connectivity index (χ1v) is 8.19. The number of aliphatic carboxylic acids is 1. The first-order valence-electron chi connectivity index (χ1n) is 8.19. The lowest BCUT2D eigenvalue weighted by Gasteiger charge is -2.34. The third kappa shape index (κ3) is 2.20. The number of fused-ring (bicyclic) bond motifs is 5. The monoisotopic (exact) mass is 353 g/mol. The highest BCUT2D eigenvalue weighted by Gasteiger charge is 2.57. The van der Waals surface area contributed by atoms with Crippen LogP contribution in [0.5, 0.6) is 0 Å². The largest absolute Gasteiger partial charge is 0.478 e. The molecule has 2 heterocycles. The molecular weight excluding hydrogens is 338 g/mol. The van der Waals surface area contributed by atoms with Crippen LogP contribution in [0.15, 0.2) is 42.0 Å². The molecule has 1 amide bonds. The van der Waals surface area contributed by atoms with Crippen molar-refractivity contribution in [2.75, 3.05) is 4.90 Å². The molecule has 3 atom stereocenters. The molecule has 1 N–H and O–H groups in total. The number of hydrogen-bond acceptors (Lipinski definition) is 5. The van der Waals surface area contributed by atoms with E-state index in [1.165, 1.54) is 4.90 Å². The predicted octanol–water partition coefficient (Wildman–Crippen LogP) is 1.54. The van der Waals surface area contributed by atoms with Crippen molar-refractivity contribution in [2.24, 2.45) is 11.8 Å². The second-order valence-corrected chi connectivity index (χ2v) is 6.61. The summed E-state index contributed by atoms with van der Waals surface area (Å²) in [5.41, 5.74) is 3.18. The van der Waals surface area contributed by atoms with Crippen molar-refractivity contribution in [1.82, 2.24) is 0 Å². The summed E-state index contributed by atoms with van der Waals surface area (Å²) < 4.78 is 4.84. The van der Waals surface area contributed by atoms with Crippen LogP contribution in [0.25, 0.3) is 5.57 Å². The van der Waals surface area contributed by atoms with Gasteiger partial charge in [-0.25, -0.2) is 4.79 Å². The number of rotatable bonds is 2. The molecular formula is C19H15NO6. The number of hydrogen-bond donors (Lipinski definition) is 1. The number of carboxylic acids is 1. The van der Waals surface area contributed by atoms with Gasteiger partial charge in [-0.05, 0) is 25.0 Å². The van der Waals surface area contributed by atoms with Crippen LogP contribution in [-0.2, 0) is 23.9 Å². The fourth-order valence-corrected chi connectivity index (χ4v) is 4.20. The minimum absolute atomic E-state index is 0.405. The van der Waals surface area contributed by atoms with Gasteiger partial charge < -0.3 is 9.84 Å². The van der Waals surface area contributed by atoms with E-state index >= 15 is 0 Å². The molecule has 0 unspecified atom stereocenters. The molecule has 1 fully saturated rings. The molecule has 0 radical (unpaired) electrons. The fraction of sp³-hybridized carbons (Fsp3) is 0.263. The second kappa shape index (κ2) is 5.66. The molecule has 0 saturated carbocycles. The maximum Gasteiger partial charge on any atom is 0.328 e. The number of anilines is 1. The number of para-hydroxylation sites is 1. The lowest BCUT2D eigenvalue weighted by molar-refractivity contribution is -0.153. The van der Waals surface area contributed by atoms with Gasteiger partial charge in [0.05, 0.1) is 23.6 Å². The number of esters is 2. The first-order chi connectivity index (χ1) is 12.4. The van der Waals surface area contributed by atoms with E-state index in [1.807, 2.05) is 19.1 Å².